The summed E-state index contributed by atoms with van der Waals surface area (Å²) in [6, 6.07) is 8.19. The van der Waals surface area contributed by atoms with Crippen LogP contribution in [0.5, 0.6) is 5.75 Å². The highest BCUT2D eigenvalue weighted by Crippen LogP contribution is 2.27. The second-order valence-corrected chi connectivity index (χ2v) is 5.88. The summed E-state index contributed by atoms with van der Waals surface area (Å²) < 4.78 is 5.63. The first-order valence-corrected chi connectivity index (χ1v) is 7.87. The van der Waals surface area contributed by atoms with Crippen LogP contribution in [0.4, 0.5) is 0 Å². The summed E-state index contributed by atoms with van der Waals surface area (Å²) in [6.45, 7) is 4.34. The van der Waals surface area contributed by atoms with Gasteiger partial charge in [-0.05, 0) is 37.0 Å². The van der Waals surface area contributed by atoms with E-state index in [9.17, 15) is 5.11 Å². The van der Waals surface area contributed by atoms with Crippen molar-refractivity contribution in [2.24, 2.45) is 0 Å². The van der Waals surface area contributed by atoms with Gasteiger partial charge in [-0.3, -0.25) is 0 Å². The van der Waals surface area contributed by atoms with Crippen molar-refractivity contribution >= 4 is 0 Å². The maximum Gasteiger partial charge on any atom is 0.119 e. The zero-order valence-electron chi connectivity index (χ0n) is 12.5. The highest BCUT2D eigenvalue weighted by molar-refractivity contribution is 5.28. The van der Waals surface area contributed by atoms with Crippen LogP contribution in [-0.4, -0.2) is 23.9 Å². The molecule has 3 nitrogen and oxygen atoms in total. The van der Waals surface area contributed by atoms with Crippen LogP contribution in [0.2, 0.25) is 0 Å². The molecular weight excluding hydrogens is 250 g/mol. The Morgan fingerprint density at radius 3 is 2.80 bits per heavy atom. The van der Waals surface area contributed by atoms with Crippen molar-refractivity contribution in [1.82, 2.24) is 5.32 Å². The monoisotopic (exact) mass is 277 g/mol. The topological polar surface area (TPSA) is 41.5 Å². The lowest BCUT2D eigenvalue weighted by Gasteiger charge is -2.32. The van der Waals surface area contributed by atoms with E-state index >= 15 is 0 Å². The Labute approximate surface area is 122 Å². The Morgan fingerprint density at radius 1 is 1.25 bits per heavy atom. The highest BCUT2D eigenvalue weighted by atomic mass is 16.5. The molecule has 1 fully saturated rings. The molecule has 0 saturated heterocycles. The minimum absolute atomic E-state index is 0.491. The second-order valence-electron chi connectivity index (χ2n) is 5.88. The van der Waals surface area contributed by atoms with Gasteiger partial charge in [-0.15, -0.1) is 0 Å². The molecule has 1 aliphatic rings. The lowest BCUT2D eigenvalue weighted by atomic mass is 9.85. The normalized spacial score (nSPS) is 17.9. The molecule has 0 aliphatic heterocycles. The molecule has 0 spiro atoms. The maximum atomic E-state index is 10.4. The van der Waals surface area contributed by atoms with Crippen LogP contribution in [-0.2, 0) is 6.54 Å². The van der Waals surface area contributed by atoms with E-state index in [1.165, 1.54) is 12.0 Å². The van der Waals surface area contributed by atoms with E-state index in [1.54, 1.807) is 0 Å². The fourth-order valence-corrected chi connectivity index (χ4v) is 2.79. The quantitative estimate of drug-likeness (QED) is 0.804. The summed E-state index contributed by atoms with van der Waals surface area (Å²) in [5.41, 5.74) is 0.715. The summed E-state index contributed by atoms with van der Waals surface area (Å²) in [4.78, 5) is 0. The molecule has 1 aliphatic carbocycles. The van der Waals surface area contributed by atoms with Gasteiger partial charge >= 0.3 is 0 Å². The predicted molar refractivity (Wildman–Crippen MR) is 82.0 cm³/mol. The van der Waals surface area contributed by atoms with Gasteiger partial charge in [-0.1, -0.05) is 38.3 Å². The van der Waals surface area contributed by atoms with Gasteiger partial charge in [0.15, 0.2) is 0 Å². The third-order valence-electron chi connectivity index (χ3n) is 3.94. The van der Waals surface area contributed by atoms with Crippen LogP contribution in [0.3, 0.4) is 0 Å². The van der Waals surface area contributed by atoms with Crippen molar-refractivity contribution in [2.75, 3.05) is 13.2 Å². The summed E-state index contributed by atoms with van der Waals surface area (Å²) in [6.07, 6.45) is 6.45. The zero-order chi connectivity index (χ0) is 14.3. The Balaban J connectivity index is 1.78. The lowest BCUT2D eigenvalue weighted by molar-refractivity contribution is 0.00467. The SMILES string of the molecule is CCCOc1cccc(CNCC2(O)CCCCC2)c1. The highest BCUT2D eigenvalue weighted by Gasteiger charge is 2.28. The van der Waals surface area contributed by atoms with Crippen molar-refractivity contribution in [2.45, 2.75) is 57.6 Å². The van der Waals surface area contributed by atoms with Gasteiger partial charge in [0.25, 0.3) is 0 Å². The minimum Gasteiger partial charge on any atom is -0.494 e. The molecule has 20 heavy (non-hydrogen) atoms. The Morgan fingerprint density at radius 2 is 2.05 bits per heavy atom. The molecule has 1 saturated carbocycles. The standard InChI is InChI=1S/C17H27NO2/c1-2-11-20-16-8-6-7-15(12-16)13-18-14-17(19)9-4-3-5-10-17/h6-8,12,18-19H,2-5,9-11,13-14H2,1H3. The largest absolute Gasteiger partial charge is 0.494 e. The number of aliphatic hydroxyl groups is 1. The third-order valence-corrected chi connectivity index (χ3v) is 3.94. The van der Waals surface area contributed by atoms with E-state index in [0.29, 0.717) is 6.54 Å². The van der Waals surface area contributed by atoms with Crippen molar-refractivity contribution in [3.05, 3.63) is 29.8 Å². The Hall–Kier alpha value is -1.06. The maximum absolute atomic E-state index is 10.4. The van der Waals surface area contributed by atoms with Crippen LogP contribution >= 0.6 is 0 Å². The van der Waals surface area contributed by atoms with E-state index in [4.69, 9.17) is 4.74 Å². The Bertz CT molecular complexity index is 400. The van der Waals surface area contributed by atoms with Crippen LogP contribution in [0.1, 0.15) is 51.0 Å². The van der Waals surface area contributed by atoms with Gasteiger partial charge in [-0.25, -0.2) is 0 Å². The van der Waals surface area contributed by atoms with Gasteiger partial charge in [-0.2, -0.15) is 0 Å². The molecule has 3 heteroatoms. The Kier molecular flexibility index (Phi) is 5.86. The van der Waals surface area contributed by atoms with Gasteiger partial charge < -0.3 is 15.2 Å². The van der Waals surface area contributed by atoms with Gasteiger partial charge in [0, 0.05) is 13.1 Å². The van der Waals surface area contributed by atoms with E-state index in [0.717, 1.165) is 51.0 Å². The van der Waals surface area contributed by atoms with E-state index in [-0.39, 0.29) is 0 Å². The van der Waals surface area contributed by atoms with Crippen molar-refractivity contribution in [3.63, 3.8) is 0 Å². The van der Waals surface area contributed by atoms with Crippen LogP contribution < -0.4 is 10.1 Å². The molecule has 1 aromatic carbocycles. The molecule has 0 aromatic heterocycles. The third kappa shape index (κ3) is 4.80. The number of nitrogens with one attached hydrogen (secondary N) is 1. The number of benzene rings is 1. The average Bonchev–Trinajstić information content (AvgIpc) is 2.46. The van der Waals surface area contributed by atoms with Crippen molar-refractivity contribution in [3.8, 4) is 5.75 Å². The minimum atomic E-state index is -0.491. The average molecular weight is 277 g/mol. The molecule has 1 aromatic rings. The fourth-order valence-electron chi connectivity index (χ4n) is 2.79. The van der Waals surface area contributed by atoms with Gasteiger partial charge in [0.2, 0.25) is 0 Å². The number of rotatable bonds is 7. The van der Waals surface area contributed by atoms with E-state index in [2.05, 4.69) is 24.4 Å². The summed E-state index contributed by atoms with van der Waals surface area (Å²) in [5.74, 6) is 0.933. The van der Waals surface area contributed by atoms with Gasteiger partial charge in [0.05, 0.1) is 12.2 Å². The molecule has 0 amide bonds. The van der Waals surface area contributed by atoms with Crippen molar-refractivity contribution in [1.29, 1.82) is 0 Å². The summed E-state index contributed by atoms with van der Waals surface area (Å²) in [5, 5.41) is 13.8. The molecule has 0 atom stereocenters. The predicted octanol–water partition coefficient (Wildman–Crippen LogP) is 3.26. The first kappa shape index (κ1) is 15.3. The second kappa shape index (κ2) is 7.65. The van der Waals surface area contributed by atoms with Crippen LogP contribution in [0.25, 0.3) is 0 Å². The molecular formula is C17H27NO2. The lowest BCUT2D eigenvalue weighted by Crippen LogP contribution is -2.41. The first-order valence-electron chi connectivity index (χ1n) is 7.87. The zero-order valence-corrected chi connectivity index (χ0v) is 12.5. The number of hydrogen-bond acceptors (Lipinski definition) is 3. The van der Waals surface area contributed by atoms with Crippen LogP contribution in [0.15, 0.2) is 24.3 Å². The smallest absolute Gasteiger partial charge is 0.119 e. The molecule has 112 valence electrons. The van der Waals surface area contributed by atoms with Gasteiger partial charge in [0.1, 0.15) is 5.75 Å². The number of hydrogen-bond donors (Lipinski definition) is 2. The summed E-state index contributed by atoms with van der Waals surface area (Å²) >= 11 is 0. The first-order chi connectivity index (χ1) is 9.72. The molecule has 0 unspecified atom stereocenters. The van der Waals surface area contributed by atoms with Crippen LogP contribution in [0, 0.1) is 0 Å². The van der Waals surface area contributed by atoms with E-state index < -0.39 is 5.60 Å². The number of ether oxygens (including phenoxy) is 1. The van der Waals surface area contributed by atoms with E-state index in [1.807, 2.05) is 12.1 Å². The molecule has 2 rings (SSSR count). The molecule has 0 bridgehead atoms. The molecule has 2 N–H and O–H groups in total. The summed E-state index contributed by atoms with van der Waals surface area (Å²) in [7, 11) is 0. The molecule has 0 radical (unpaired) electrons. The molecule has 0 heterocycles. The fraction of sp³-hybridized carbons (Fsp3) is 0.647. The van der Waals surface area contributed by atoms with Crippen molar-refractivity contribution < 1.29 is 9.84 Å².